The first-order chi connectivity index (χ1) is 5.25. The minimum absolute atomic E-state index is 0. The van der Waals surface area contributed by atoms with Crippen LogP contribution in [0.15, 0.2) is 12.5 Å². The number of hydrogen-bond acceptors (Lipinski definition) is 3. The summed E-state index contributed by atoms with van der Waals surface area (Å²) in [5.41, 5.74) is 0. The van der Waals surface area contributed by atoms with Crippen LogP contribution in [0, 0.1) is 10.1 Å². The molecule has 0 aromatic carbocycles. The Morgan fingerprint density at radius 2 is 2.42 bits per heavy atom. The maximum absolute atomic E-state index is 10.3. The van der Waals surface area contributed by atoms with E-state index in [4.69, 9.17) is 11.6 Å². The van der Waals surface area contributed by atoms with Gasteiger partial charge in [0.05, 0.1) is 5.88 Å². The summed E-state index contributed by atoms with van der Waals surface area (Å²) in [6.45, 7) is 0.415. The van der Waals surface area contributed by atoms with Crippen LogP contribution in [0.1, 0.15) is 0 Å². The zero-order valence-corrected chi connectivity index (χ0v) is 7.59. The number of nitro groups is 1. The van der Waals surface area contributed by atoms with Gasteiger partial charge in [0.1, 0.15) is 12.7 Å². The van der Waals surface area contributed by atoms with Crippen LogP contribution >= 0.6 is 24.0 Å². The smallest absolute Gasteiger partial charge is 0.342 e. The number of aryl methyl sites for hydroxylation is 1. The van der Waals surface area contributed by atoms with Gasteiger partial charge in [0, 0.05) is 0 Å². The predicted octanol–water partition coefficient (Wildman–Crippen LogP) is 1.45. The summed E-state index contributed by atoms with van der Waals surface area (Å²) in [7, 11) is 0. The average molecular weight is 212 g/mol. The Kier molecular flexibility index (Phi) is 4.61. The molecular formula is C5H7Cl2N3O2. The standard InChI is InChI=1S/C5H6ClN3O2.ClH/c6-1-2-8-4-7-3-5(8)9(10)11;/h3-4H,1-2H2;1H. The molecule has 0 N–H and O–H groups in total. The number of rotatable bonds is 3. The van der Waals surface area contributed by atoms with E-state index in [1.54, 1.807) is 0 Å². The molecule has 0 aliphatic carbocycles. The molecule has 0 aliphatic rings. The first kappa shape index (κ1) is 11.2. The number of hydrogen-bond donors (Lipinski definition) is 0. The molecule has 0 bridgehead atoms. The minimum Gasteiger partial charge on any atom is -0.358 e. The van der Waals surface area contributed by atoms with E-state index in [-0.39, 0.29) is 18.2 Å². The minimum atomic E-state index is -0.487. The molecule has 12 heavy (non-hydrogen) atoms. The normalized spacial score (nSPS) is 9.08. The summed E-state index contributed by atoms with van der Waals surface area (Å²) in [6.07, 6.45) is 2.59. The van der Waals surface area contributed by atoms with Crippen molar-refractivity contribution in [3.63, 3.8) is 0 Å². The molecular weight excluding hydrogens is 205 g/mol. The SMILES string of the molecule is Cl.O=[N+]([O-])c1cncn1CCCl. The fourth-order valence-electron chi connectivity index (χ4n) is 0.729. The van der Waals surface area contributed by atoms with Crippen molar-refractivity contribution in [1.82, 2.24) is 9.55 Å². The van der Waals surface area contributed by atoms with Crippen LogP contribution in [0.2, 0.25) is 0 Å². The molecule has 1 aromatic heterocycles. The molecule has 1 heterocycles. The van der Waals surface area contributed by atoms with Gasteiger partial charge in [-0.15, -0.1) is 24.0 Å². The van der Waals surface area contributed by atoms with Gasteiger partial charge in [-0.1, -0.05) is 0 Å². The summed E-state index contributed by atoms with van der Waals surface area (Å²) >= 11 is 5.40. The fourth-order valence-corrected chi connectivity index (χ4v) is 0.911. The van der Waals surface area contributed by atoms with E-state index in [1.807, 2.05) is 0 Å². The second kappa shape index (κ2) is 4.95. The number of halogens is 2. The molecule has 0 radical (unpaired) electrons. The number of nitrogens with zero attached hydrogens (tertiary/aromatic N) is 3. The van der Waals surface area contributed by atoms with E-state index in [0.29, 0.717) is 12.4 Å². The molecule has 0 atom stereocenters. The third-order valence-corrected chi connectivity index (χ3v) is 1.37. The maximum atomic E-state index is 10.3. The van der Waals surface area contributed by atoms with E-state index in [0.717, 1.165) is 0 Å². The molecule has 0 aliphatic heterocycles. The molecule has 5 nitrogen and oxygen atoms in total. The lowest BCUT2D eigenvalue weighted by molar-refractivity contribution is -0.392. The van der Waals surface area contributed by atoms with E-state index in [1.165, 1.54) is 17.1 Å². The largest absolute Gasteiger partial charge is 0.358 e. The second-order valence-corrected chi connectivity index (χ2v) is 2.27. The van der Waals surface area contributed by atoms with Crippen molar-refractivity contribution >= 4 is 29.8 Å². The molecule has 1 aromatic rings. The molecule has 0 saturated carbocycles. The third-order valence-electron chi connectivity index (χ3n) is 1.20. The van der Waals surface area contributed by atoms with Crippen molar-refractivity contribution in [3.8, 4) is 0 Å². The monoisotopic (exact) mass is 211 g/mol. The molecule has 0 saturated heterocycles. The van der Waals surface area contributed by atoms with Gasteiger partial charge < -0.3 is 10.1 Å². The van der Waals surface area contributed by atoms with Crippen molar-refractivity contribution in [1.29, 1.82) is 0 Å². The van der Waals surface area contributed by atoms with Gasteiger partial charge >= 0.3 is 5.82 Å². The highest BCUT2D eigenvalue weighted by Gasteiger charge is 2.10. The molecule has 68 valence electrons. The van der Waals surface area contributed by atoms with Gasteiger partial charge in [-0.05, 0) is 4.92 Å². The Morgan fingerprint density at radius 3 is 2.92 bits per heavy atom. The van der Waals surface area contributed by atoms with Gasteiger partial charge in [0.15, 0.2) is 6.33 Å². The van der Waals surface area contributed by atoms with Gasteiger partial charge in [-0.3, -0.25) is 0 Å². The van der Waals surface area contributed by atoms with E-state index >= 15 is 0 Å². The van der Waals surface area contributed by atoms with Crippen molar-refractivity contribution < 1.29 is 4.92 Å². The zero-order valence-electron chi connectivity index (χ0n) is 6.01. The van der Waals surface area contributed by atoms with Crippen LogP contribution in [0.3, 0.4) is 0 Å². The van der Waals surface area contributed by atoms with Gasteiger partial charge in [0.2, 0.25) is 0 Å². The summed E-state index contributed by atoms with van der Waals surface area (Å²) < 4.78 is 1.40. The van der Waals surface area contributed by atoms with E-state index in [9.17, 15) is 10.1 Å². The van der Waals surface area contributed by atoms with Crippen LogP contribution < -0.4 is 0 Å². The Morgan fingerprint density at radius 1 is 1.75 bits per heavy atom. The summed E-state index contributed by atoms with van der Waals surface area (Å²) in [5.74, 6) is 0.322. The lowest BCUT2D eigenvalue weighted by atomic mass is 10.6. The molecule has 1 rings (SSSR count). The van der Waals surface area contributed by atoms with Gasteiger partial charge in [0.25, 0.3) is 0 Å². The molecule has 0 spiro atoms. The molecule has 0 fully saturated rings. The summed E-state index contributed by atoms with van der Waals surface area (Å²) in [4.78, 5) is 13.4. The summed E-state index contributed by atoms with van der Waals surface area (Å²) in [5, 5.41) is 10.3. The molecule has 0 amide bonds. The summed E-state index contributed by atoms with van der Waals surface area (Å²) in [6, 6.07) is 0. The maximum Gasteiger partial charge on any atom is 0.342 e. The molecule has 0 unspecified atom stereocenters. The topological polar surface area (TPSA) is 61.0 Å². The van der Waals surface area contributed by atoms with Crippen LogP contribution in [-0.2, 0) is 6.54 Å². The van der Waals surface area contributed by atoms with E-state index < -0.39 is 4.92 Å². The lowest BCUT2D eigenvalue weighted by Gasteiger charge is -1.95. The Hall–Kier alpha value is -0.810. The first-order valence-electron chi connectivity index (χ1n) is 2.96. The van der Waals surface area contributed by atoms with Crippen molar-refractivity contribution in [3.05, 3.63) is 22.6 Å². The van der Waals surface area contributed by atoms with Crippen molar-refractivity contribution in [2.75, 3.05) is 5.88 Å². The third kappa shape index (κ3) is 2.35. The Labute approximate surface area is 79.9 Å². The quantitative estimate of drug-likeness (QED) is 0.432. The van der Waals surface area contributed by atoms with E-state index in [2.05, 4.69) is 4.98 Å². The highest BCUT2D eigenvalue weighted by atomic mass is 35.5. The molecule has 7 heteroatoms. The lowest BCUT2D eigenvalue weighted by Crippen LogP contribution is -2.02. The predicted molar refractivity (Wildman–Crippen MR) is 46.8 cm³/mol. The zero-order chi connectivity index (χ0) is 8.27. The first-order valence-corrected chi connectivity index (χ1v) is 3.49. The highest BCUT2D eigenvalue weighted by Crippen LogP contribution is 2.08. The van der Waals surface area contributed by atoms with Crippen molar-refractivity contribution in [2.24, 2.45) is 0 Å². The number of aromatic nitrogens is 2. The second-order valence-electron chi connectivity index (χ2n) is 1.89. The Bertz CT molecular complexity index is 263. The van der Waals surface area contributed by atoms with Crippen LogP contribution in [0.4, 0.5) is 5.82 Å². The van der Waals surface area contributed by atoms with Crippen LogP contribution in [0.25, 0.3) is 0 Å². The highest BCUT2D eigenvalue weighted by molar-refractivity contribution is 6.17. The van der Waals surface area contributed by atoms with Crippen LogP contribution in [-0.4, -0.2) is 20.4 Å². The fraction of sp³-hybridized carbons (Fsp3) is 0.400. The van der Waals surface area contributed by atoms with Gasteiger partial charge in [-0.2, -0.15) is 0 Å². The van der Waals surface area contributed by atoms with Crippen molar-refractivity contribution in [2.45, 2.75) is 6.54 Å². The van der Waals surface area contributed by atoms with Gasteiger partial charge in [-0.25, -0.2) is 9.55 Å². The van der Waals surface area contributed by atoms with Crippen LogP contribution in [0.5, 0.6) is 0 Å². The Balaban J connectivity index is 0.00000121. The average Bonchev–Trinajstić information content (AvgIpc) is 2.36. The number of alkyl halides is 1. The number of imidazole rings is 1.